The predicted octanol–water partition coefficient (Wildman–Crippen LogP) is 7.43. The summed E-state index contributed by atoms with van der Waals surface area (Å²) < 4.78 is 19.6. The van der Waals surface area contributed by atoms with Crippen LogP contribution in [0.25, 0.3) is 0 Å². The van der Waals surface area contributed by atoms with Gasteiger partial charge in [-0.25, -0.2) is 4.79 Å². The highest BCUT2D eigenvalue weighted by atomic mass is 28.4. The van der Waals surface area contributed by atoms with Gasteiger partial charge in [0.2, 0.25) is 5.91 Å². The number of carbonyl (C=O) groups excluding carboxylic acids is 2. The Hall–Kier alpha value is -1.75. The van der Waals surface area contributed by atoms with Gasteiger partial charge in [0.1, 0.15) is 12.3 Å². The SMILES string of the molecule is C[C@@H](O[Si](C)(C)C(C)(C)C)[C@H]1C(=O)N2C(C(=O)OCc3ccccc3)=C3[C@@H](O[Si](C)(C)C(C)(C)C)CCC[C@H]3[C@H]12. The number of fused-ring (bicyclic) bond motifs is 3. The molecule has 1 saturated carbocycles. The van der Waals surface area contributed by atoms with Crippen LogP contribution in [0.1, 0.15) is 73.3 Å². The molecule has 222 valence electrons. The van der Waals surface area contributed by atoms with Crippen molar-refractivity contribution in [3.63, 3.8) is 0 Å². The van der Waals surface area contributed by atoms with Gasteiger partial charge in [-0.05, 0) is 73.6 Å². The molecular weight excluding hydrogens is 535 g/mol. The summed E-state index contributed by atoms with van der Waals surface area (Å²) in [6, 6.07) is 9.63. The third-order valence-corrected chi connectivity index (χ3v) is 19.3. The fraction of sp³-hybridized carbons (Fsp3) is 0.688. The molecule has 5 atom stereocenters. The van der Waals surface area contributed by atoms with E-state index in [4.69, 9.17) is 13.6 Å². The highest BCUT2D eigenvalue weighted by molar-refractivity contribution is 6.74. The second-order valence-electron chi connectivity index (χ2n) is 15.1. The van der Waals surface area contributed by atoms with Crippen LogP contribution in [0.3, 0.4) is 0 Å². The molecule has 1 aromatic carbocycles. The molecule has 1 saturated heterocycles. The normalized spacial score (nSPS) is 26.3. The van der Waals surface area contributed by atoms with Gasteiger partial charge in [-0.15, -0.1) is 0 Å². The van der Waals surface area contributed by atoms with Gasteiger partial charge < -0.3 is 18.5 Å². The number of hydrogen-bond acceptors (Lipinski definition) is 5. The topological polar surface area (TPSA) is 65.1 Å². The fourth-order valence-corrected chi connectivity index (χ4v) is 8.71. The first-order chi connectivity index (χ1) is 18.4. The maximum Gasteiger partial charge on any atom is 0.355 e. The summed E-state index contributed by atoms with van der Waals surface area (Å²) in [7, 11) is -4.21. The first-order valence-electron chi connectivity index (χ1n) is 15.0. The van der Waals surface area contributed by atoms with Gasteiger partial charge in [0, 0.05) is 5.92 Å². The highest BCUT2D eigenvalue weighted by Gasteiger charge is 2.64. The average molecular weight is 586 g/mol. The van der Waals surface area contributed by atoms with E-state index in [1.54, 1.807) is 4.90 Å². The molecule has 0 spiro atoms. The van der Waals surface area contributed by atoms with Crippen molar-refractivity contribution in [3.05, 3.63) is 47.2 Å². The van der Waals surface area contributed by atoms with Crippen LogP contribution >= 0.6 is 0 Å². The smallest absolute Gasteiger partial charge is 0.355 e. The summed E-state index contributed by atoms with van der Waals surface area (Å²) in [5.41, 5.74) is 2.36. The molecule has 0 unspecified atom stereocenters. The molecule has 2 fully saturated rings. The zero-order chi connectivity index (χ0) is 29.8. The number of nitrogens with zero attached hydrogens (tertiary/aromatic N) is 1. The van der Waals surface area contributed by atoms with Gasteiger partial charge in [-0.1, -0.05) is 71.9 Å². The van der Waals surface area contributed by atoms with Crippen LogP contribution in [-0.2, 0) is 29.8 Å². The van der Waals surface area contributed by atoms with E-state index in [0.717, 1.165) is 30.4 Å². The molecule has 6 nitrogen and oxygen atoms in total. The predicted molar refractivity (Wildman–Crippen MR) is 165 cm³/mol. The van der Waals surface area contributed by atoms with Crippen LogP contribution in [0.4, 0.5) is 0 Å². The lowest BCUT2D eigenvalue weighted by Crippen LogP contribution is -2.65. The third-order valence-electron chi connectivity index (χ3n) is 10.3. The van der Waals surface area contributed by atoms with Crippen LogP contribution in [0.5, 0.6) is 0 Å². The maximum absolute atomic E-state index is 13.9. The lowest BCUT2D eigenvalue weighted by molar-refractivity contribution is -0.164. The van der Waals surface area contributed by atoms with Gasteiger partial charge >= 0.3 is 5.97 Å². The largest absolute Gasteiger partial charge is 0.456 e. The van der Waals surface area contributed by atoms with Crippen molar-refractivity contribution in [1.29, 1.82) is 0 Å². The summed E-state index contributed by atoms with van der Waals surface area (Å²) in [5, 5.41) is 0.0857. The molecule has 2 aliphatic heterocycles. The average Bonchev–Trinajstić information content (AvgIpc) is 3.13. The minimum Gasteiger partial charge on any atom is -0.456 e. The molecule has 3 aliphatic rings. The number of amides is 1. The van der Waals surface area contributed by atoms with Crippen LogP contribution in [0.15, 0.2) is 41.6 Å². The summed E-state index contributed by atoms with van der Waals surface area (Å²) in [6.45, 7) is 24.6. The number of esters is 1. The summed E-state index contributed by atoms with van der Waals surface area (Å²) in [4.78, 5) is 29.5. The highest BCUT2D eigenvalue weighted by Crippen LogP contribution is 2.55. The van der Waals surface area contributed by atoms with Crippen molar-refractivity contribution in [2.75, 3.05) is 0 Å². The van der Waals surface area contributed by atoms with E-state index >= 15 is 0 Å². The van der Waals surface area contributed by atoms with Gasteiger partial charge in [-0.3, -0.25) is 4.79 Å². The zero-order valence-electron chi connectivity index (χ0n) is 26.6. The molecule has 1 aliphatic carbocycles. The molecule has 8 heteroatoms. The molecule has 1 aromatic rings. The van der Waals surface area contributed by atoms with E-state index < -0.39 is 22.6 Å². The first-order valence-corrected chi connectivity index (χ1v) is 20.8. The number of carbonyl (C=O) groups is 2. The van der Waals surface area contributed by atoms with Gasteiger partial charge in [0.25, 0.3) is 0 Å². The van der Waals surface area contributed by atoms with E-state index in [-0.39, 0.29) is 52.7 Å². The van der Waals surface area contributed by atoms with Crippen LogP contribution < -0.4 is 0 Å². The van der Waals surface area contributed by atoms with E-state index in [9.17, 15) is 9.59 Å². The Morgan fingerprint density at radius 1 is 0.975 bits per heavy atom. The number of β-lactam (4-membered cyclic amide) rings is 1. The Bertz CT molecular complexity index is 1150. The first kappa shape index (κ1) is 31.2. The molecular formula is C32H51NO5Si2. The molecule has 40 heavy (non-hydrogen) atoms. The molecule has 1 amide bonds. The number of ether oxygens (including phenoxy) is 1. The van der Waals surface area contributed by atoms with E-state index in [1.807, 2.05) is 30.3 Å². The summed E-state index contributed by atoms with van der Waals surface area (Å²) >= 11 is 0. The lowest BCUT2D eigenvalue weighted by Gasteiger charge is -2.51. The third kappa shape index (κ3) is 5.66. The van der Waals surface area contributed by atoms with Crippen LogP contribution in [-0.4, -0.2) is 51.7 Å². The Balaban J connectivity index is 1.67. The van der Waals surface area contributed by atoms with Crippen molar-refractivity contribution in [2.45, 2.75) is 129 Å². The van der Waals surface area contributed by atoms with Gasteiger partial charge in [0.15, 0.2) is 16.6 Å². The summed E-state index contributed by atoms with van der Waals surface area (Å²) in [5.74, 6) is -0.603. The fourth-order valence-electron chi connectivity index (χ4n) is 5.97. The minimum atomic E-state index is -2.13. The Labute approximate surface area is 244 Å². The molecule has 4 rings (SSSR count). The Morgan fingerprint density at radius 3 is 2.15 bits per heavy atom. The minimum absolute atomic E-state index is 0.0177. The molecule has 0 N–H and O–H groups in total. The van der Waals surface area contributed by atoms with Crippen LogP contribution in [0.2, 0.25) is 36.3 Å². The molecule has 0 bridgehead atoms. The van der Waals surface area contributed by atoms with Crippen molar-refractivity contribution in [2.24, 2.45) is 11.8 Å². The van der Waals surface area contributed by atoms with Crippen molar-refractivity contribution >= 4 is 28.5 Å². The number of hydrogen-bond donors (Lipinski definition) is 0. The molecule has 0 aromatic heterocycles. The van der Waals surface area contributed by atoms with Crippen LogP contribution in [0, 0.1) is 11.8 Å². The van der Waals surface area contributed by atoms with Crippen molar-refractivity contribution in [1.82, 2.24) is 4.90 Å². The van der Waals surface area contributed by atoms with E-state index in [1.165, 1.54) is 0 Å². The van der Waals surface area contributed by atoms with E-state index in [0.29, 0.717) is 5.70 Å². The Kier molecular flexibility index (Phi) is 8.44. The lowest BCUT2D eigenvalue weighted by atomic mass is 9.72. The monoisotopic (exact) mass is 585 g/mol. The maximum atomic E-state index is 13.9. The second-order valence-corrected chi connectivity index (χ2v) is 24.6. The van der Waals surface area contributed by atoms with E-state index in [2.05, 4.69) is 74.7 Å². The second kappa shape index (κ2) is 10.8. The zero-order valence-corrected chi connectivity index (χ0v) is 28.6. The quantitative estimate of drug-likeness (QED) is 0.180. The molecule has 2 heterocycles. The standard InChI is InChI=1S/C32H51NO5Si2/c1-21(37-39(8,9)31(2,3)4)25-27-23-18-15-19-24(38-40(10,11)32(5,6)7)26(23)28(33(27)29(25)34)30(35)36-20-22-16-13-12-14-17-22/h12-14,16-17,21,23-25,27H,15,18-20H2,1-11H3/t21-,23-,24+,25-,27-/m1/s1. The Morgan fingerprint density at radius 2 is 1.57 bits per heavy atom. The van der Waals surface area contributed by atoms with Crippen molar-refractivity contribution in [3.8, 4) is 0 Å². The van der Waals surface area contributed by atoms with Gasteiger partial charge in [-0.2, -0.15) is 0 Å². The number of rotatable bonds is 8. The van der Waals surface area contributed by atoms with Crippen molar-refractivity contribution < 1.29 is 23.2 Å². The summed E-state index contributed by atoms with van der Waals surface area (Å²) in [6.07, 6.45) is 2.44. The van der Waals surface area contributed by atoms with Gasteiger partial charge in [0.05, 0.1) is 24.2 Å². The number of benzene rings is 1. The molecule has 0 radical (unpaired) electrons.